The first kappa shape index (κ1) is 14.6. The van der Waals surface area contributed by atoms with E-state index in [1.54, 1.807) is 0 Å². The van der Waals surface area contributed by atoms with Gasteiger partial charge in [-0.2, -0.15) is 0 Å². The van der Waals surface area contributed by atoms with Gasteiger partial charge >= 0.3 is 0 Å². The Kier molecular flexibility index (Phi) is 5.63. The zero-order valence-electron chi connectivity index (χ0n) is 11.3. The maximum Gasteiger partial charge on any atom is 0.224 e. The number of nitrogens with one attached hydrogen (secondary N) is 1. The molecule has 1 amide bonds. The quantitative estimate of drug-likeness (QED) is 0.808. The Bertz CT molecular complexity index is 554. The van der Waals surface area contributed by atoms with Crippen molar-refractivity contribution in [1.29, 1.82) is 0 Å². The van der Waals surface area contributed by atoms with E-state index in [2.05, 4.69) is 17.4 Å². The van der Waals surface area contributed by atoms with Crippen molar-refractivity contribution in [2.24, 2.45) is 0 Å². The zero-order valence-corrected chi connectivity index (χ0v) is 12.1. The first-order chi connectivity index (χ1) is 9.74. The van der Waals surface area contributed by atoms with Gasteiger partial charge in [0, 0.05) is 11.6 Å². The molecule has 1 N–H and O–H groups in total. The van der Waals surface area contributed by atoms with Crippen molar-refractivity contribution >= 4 is 17.5 Å². The monoisotopic (exact) mass is 287 g/mol. The zero-order chi connectivity index (χ0) is 14.2. The molecule has 0 aromatic heterocycles. The van der Waals surface area contributed by atoms with E-state index in [9.17, 15) is 4.79 Å². The highest BCUT2D eigenvalue weighted by molar-refractivity contribution is 6.30. The number of amides is 1. The Morgan fingerprint density at radius 3 is 2.50 bits per heavy atom. The molecule has 0 saturated heterocycles. The highest BCUT2D eigenvalue weighted by atomic mass is 35.5. The Balaban J connectivity index is 1.68. The van der Waals surface area contributed by atoms with Crippen LogP contribution in [-0.2, 0) is 17.6 Å². The summed E-state index contributed by atoms with van der Waals surface area (Å²) in [7, 11) is 0. The minimum absolute atomic E-state index is 0.0420. The van der Waals surface area contributed by atoms with Crippen LogP contribution in [0.1, 0.15) is 17.5 Å². The maximum atomic E-state index is 11.8. The lowest BCUT2D eigenvalue weighted by molar-refractivity contribution is -0.120. The van der Waals surface area contributed by atoms with E-state index in [-0.39, 0.29) is 5.91 Å². The van der Waals surface area contributed by atoms with Crippen LogP contribution in [0.25, 0.3) is 0 Å². The van der Waals surface area contributed by atoms with Gasteiger partial charge in [-0.15, -0.1) is 0 Å². The summed E-state index contributed by atoms with van der Waals surface area (Å²) in [5.41, 5.74) is 2.25. The molecule has 0 atom stereocenters. The lowest BCUT2D eigenvalue weighted by Crippen LogP contribution is -2.26. The van der Waals surface area contributed by atoms with Crippen LogP contribution in [0.4, 0.5) is 0 Å². The molecule has 0 aliphatic carbocycles. The van der Waals surface area contributed by atoms with Crippen LogP contribution in [0.5, 0.6) is 0 Å². The van der Waals surface area contributed by atoms with Crippen LogP contribution in [0.15, 0.2) is 54.6 Å². The van der Waals surface area contributed by atoms with E-state index in [4.69, 9.17) is 11.6 Å². The number of aryl methyl sites for hydroxylation is 1. The van der Waals surface area contributed by atoms with E-state index in [0.717, 1.165) is 18.4 Å². The predicted molar refractivity (Wildman–Crippen MR) is 82.9 cm³/mol. The van der Waals surface area contributed by atoms with Gasteiger partial charge in [0.2, 0.25) is 5.91 Å². The number of carbonyl (C=O) groups is 1. The molecule has 0 aliphatic rings. The Morgan fingerprint density at radius 1 is 1.00 bits per heavy atom. The van der Waals surface area contributed by atoms with Crippen molar-refractivity contribution < 1.29 is 4.79 Å². The fraction of sp³-hybridized carbons (Fsp3) is 0.235. The molecule has 0 aliphatic heterocycles. The second-order valence-corrected chi connectivity index (χ2v) is 5.18. The number of hydrogen-bond acceptors (Lipinski definition) is 1. The van der Waals surface area contributed by atoms with Crippen LogP contribution in [0, 0.1) is 0 Å². The normalized spacial score (nSPS) is 10.2. The van der Waals surface area contributed by atoms with Gasteiger partial charge in [0.05, 0.1) is 6.42 Å². The summed E-state index contributed by atoms with van der Waals surface area (Å²) < 4.78 is 0. The molecule has 2 nitrogen and oxygen atoms in total. The van der Waals surface area contributed by atoms with Gasteiger partial charge in [0.15, 0.2) is 0 Å². The topological polar surface area (TPSA) is 29.1 Å². The molecular formula is C17H18ClNO. The van der Waals surface area contributed by atoms with Gasteiger partial charge in [-0.25, -0.2) is 0 Å². The van der Waals surface area contributed by atoms with Gasteiger partial charge < -0.3 is 5.32 Å². The van der Waals surface area contributed by atoms with Gasteiger partial charge in [0.1, 0.15) is 0 Å². The van der Waals surface area contributed by atoms with Crippen LogP contribution < -0.4 is 5.32 Å². The SMILES string of the molecule is O=C(Cc1cccc(Cl)c1)NCCCc1ccccc1. The molecular weight excluding hydrogens is 270 g/mol. The van der Waals surface area contributed by atoms with Gasteiger partial charge in [-0.1, -0.05) is 54.1 Å². The molecule has 0 saturated carbocycles. The predicted octanol–water partition coefficient (Wildman–Crippen LogP) is 3.63. The number of benzene rings is 2. The number of hydrogen-bond donors (Lipinski definition) is 1. The first-order valence-corrected chi connectivity index (χ1v) is 7.17. The van der Waals surface area contributed by atoms with Gasteiger partial charge in [0.25, 0.3) is 0 Å². The summed E-state index contributed by atoms with van der Waals surface area (Å²) in [5.74, 6) is 0.0420. The maximum absolute atomic E-state index is 11.8. The molecule has 0 unspecified atom stereocenters. The molecule has 3 heteroatoms. The molecule has 0 radical (unpaired) electrons. The molecule has 0 bridgehead atoms. The molecule has 2 aromatic carbocycles. The van der Waals surface area contributed by atoms with Crippen LogP contribution in [-0.4, -0.2) is 12.5 Å². The molecule has 104 valence electrons. The summed E-state index contributed by atoms with van der Waals surface area (Å²) >= 11 is 5.89. The molecule has 0 fully saturated rings. The van der Waals surface area contributed by atoms with Gasteiger partial charge in [-0.05, 0) is 36.1 Å². The molecule has 2 aromatic rings. The highest BCUT2D eigenvalue weighted by Crippen LogP contribution is 2.11. The van der Waals surface area contributed by atoms with Crippen molar-refractivity contribution in [3.8, 4) is 0 Å². The molecule has 20 heavy (non-hydrogen) atoms. The van der Waals surface area contributed by atoms with Crippen molar-refractivity contribution in [1.82, 2.24) is 5.32 Å². The fourth-order valence-corrected chi connectivity index (χ4v) is 2.27. The lowest BCUT2D eigenvalue weighted by atomic mass is 10.1. The summed E-state index contributed by atoms with van der Waals surface area (Å²) in [6.45, 7) is 0.703. The fourth-order valence-electron chi connectivity index (χ4n) is 2.06. The van der Waals surface area contributed by atoms with Crippen LogP contribution >= 0.6 is 11.6 Å². The Morgan fingerprint density at radius 2 is 1.75 bits per heavy atom. The van der Waals surface area contributed by atoms with E-state index in [1.165, 1.54) is 5.56 Å². The third kappa shape index (κ3) is 5.06. The minimum Gasteiger partial charge on any atom is -0.356 e. The Labute approximate surface area is 124 Å². The van der Waals surface area contributed by atoms with Gasteiger partial charge in [-0.3, -0.25) is 4.79 Å². The van der Waals surface area contributed by atoms with Crippen molar-refractivity contribution in [2.45, 2.75) is 19.3 Å². The lowest BCUT2D eigenvalue weighted by Gasteiger charge is -2.06. The summed E-state index contributed by atoms with van der Waals surface area (Å²) in [4.78, 5) is 11.8. The average Bonchev–Trinajstić information content (AvgIpc) is 2.45. The smallest absolute Gasteiger partial charge is 0.224 e. The van der Waals surface area contributed by atoms with Crippen LogP contribution in [0.3, 0.4) is 0 Å². The number of halogens is 1. The van der Waals surface area contributed by atoms with Crippen molar-refractivity contribution in [3.63, 3.8) is 0 Å². The van der Waals surface area contributed by atoms with E-state index >= 15 is 0 Å². The van der Waals surface area contributed by atoms with E-state index in [1.807, 2.05) is 42.5 Å². The Hall–Kier alpha value is -1.80. The minimum atomic E-state index is 0.0420. The summed E-state index contributed by atoms with van der Waals surface area (Å²) in [6.07, 6.45) is 2.31. The second kappa shape index (κ2) is 7.71. The van der Waals surface area contributed by atoms with E-state index in [0.29, 0.717) is 18.0 Å². The summed E-state index contributed by atoms with van der Waals surface area (Å²) in [5, 5.41) is 3.60. The second-order valence-electron chi connectivity index (χ2n) is 4.75. The molecule has 2 rings (SSSR count). The molecule has 0 heterocycles. The molecule has 0 spiro atoms. The summed E-state index contributed by atoms with van der Waals surface area (Å²) in [6, 6.07) is 17.7. The van der Waals surface area contributed by atoms with E-state index < -0.39 is 0 Å². The van der Waals surface area contributed by atoms with Crippen molar-refractivity contribution in [3.05, 3.63) is 70.7 Å². The van der Waals surface area contributed by atoms with Crippen LogP contribution in [0.2, 0.25) is 5.02 Å². The third-order valence-electron chi connectivity index (χ3n) is 3.06. The standard InChI is InChI=1S/C17H18ClNO/c18-16-10-4-8-15(12-16)13-17(20)19-11-5-9-14-6-2-1-3-7-14/h1-4,6-8,10,12H,5,9,11,13H2,(H,19,20). The average molecular weight is 288 g/mol. The van der Waals surface area contributed by atoms with Crippen molar-refractivity contribution in [2.75, 3.05) is 6.54 Å². The first-order valence-electron chi connectivity index (χ1n) is 6.79. The third-order valence-corrected chi connectivity index (χ3v) is 3.30. The number of rotatable bonds is 6. The highest BCUT2D eigenvalue weighted by Gasteiger charge is 2.03. The number of carbonyl (C=O) groups excluding carboxylic acids is 1. The largest absolute Gasteiger partial charge is 0.356 e.